The Kier molecular flexibility index (Phi) is 7.27. The third-order valence-corrected chi connectivity index (χ3v) is 7.53. The fraction of sp³-hybridized carbons (Fsp3) is 0. The van der Waals surface area contributed by atoms with Crippen LogP contribution in [0.3, 0.4) is 0 Å². The Labute approximate surface area is 254 Å². The molecule has 0 bridgehead atoms. The van der Waals surface area contributed by atoms with Crippen LogP contribution in [0.1, 0.15) is 0 Å². The van der Waals surface area contributed by atoms with E-state index in [2.05, 4.69) is 24.3 Å². The van der Waals surface area contributed by atoms with Crippen LogP contribution < -0.4 is 0 Å². The Morgan fingerprint density at radius 1 is 0.250 bits per heavy atom. The van der Waals surface area contributed by atoms with Crippen LogP contribution in [0.4, 0.5) is 8.78 Å². The zero-order chi connectivity index (χ0) is 29.9. The molecule has 44 heavy (non-hydrogen) atoms. The summed E-state index contributed by atoms with van der Waals surface area (Å²) in [5.41, 5.74) is 8.58. The molecule has 7 aromatic rings. The Morgan fingerprint density at radius 2 is 0.477 bits per heavy atom. The number of hydrogen-bond acceptors (Lipinski definition) is 3. The summed E-state index contributed by atoms with van der Waals surface area (Å²) in [4.78, 5) is 14.6. The van der Waals surface area contributed by atoms with Crippen molar-refractivity contribution in [2.45, 2.75) is 0 Å². The normalized spacial score (nSPS) is 11.0. The Hall–Kier alpha value is -5.81. The Balaban J connectivity index is 1.27. The number of halogens is 2. The van der Waals surface area contributed by atoms with Crippen molar-refractivity contribution in [3.05, 3.63) is 163 Å². The number of hydrogen-bond donors (Lipinski definition) is 0. The second-order valence-electron chi connectivity index (χ2n) is 10.4. The molecule has 0 aliphatic rings. The van der Waals surface area contributed by atoms with Crippen LogP contribution in [-0.2, 0) is 0 Å². The summed E-state index contributed by atoms with van der Waals surface area (Å²) in [6.45, 7) is 0. The quantitative estimate of drug-likeness (QED) is 0.199. The van der Waals surface area contributed by atoms with Crippen molar-refractivity contribution in [3.8, 4) is 67.5 Å². The van der Waals surface area contributed by atoms with E-state index >= 15 is 0 Å². The molecule has 1 aromatic heterocycles. The Bertz CT molecular complexity index is 1910. The summed E-state index contributed by atoms with van der Waals surface area (Å²) in [6, 6.07) is 47.1. The molecule has 0 unspecified atom stereocenters. The molecule has 0 saturated carbocycles. The lowest BCUT2D eigenvalue weighted by Gasteiger charge is -2.10. The number of nitrogens with zero attached hydrogens (tertiary/aromatic N) is 3. The van der Waals surface area contributed by atoms with Gasteiger partial charge in [0.15, 0.2) is 17.5 Å². The highest BCUT2D eigenvalue weighted by Crippen LogP contribution is 2.30. The van der Waals surface area contributed by atoms with Gasteiger partial charge in [0.05, 0.1) is 0 Å². The summed E-state index contributed by atoms with van der Waals surface area (Å²) in [5.74, 6) is 1.13. The van der Waals surface area contributed by atoms with Crippen LogP contribution >= 0.6 is 0 Å². The summed E-state index contributed by atoms with van der Waals surface area (Å²) in [6.07, 6.45) is 0. The van der Waals surface area contributed by atoms with Crippen molar-refractivity contribution in [2.75, 3.05) is 0 Å². The molecule has 0 aliphatic heterocycles. The first-order valence-electron chi connectivity index (χ1n) is 14.2. The van der Waals surface area contributed by atoms with Crippen LogP contribution in [0.15, 0.2) is 152 Å². The molecule has 5 heteroatoms. The third-order valence-electron chi connectivity index (χ3n) is 7.53. The van der Waals surface area contributed by atoms with Gasteiger partial charge in [-0.1, -0.05) is 127 Å². The molecule has 0 fully saturated rings. The number of benzene rings is 6. The molecule has 0 saturated heterocycles. The van der Waals surface area contributed by atoms with Crippen LogP contribution in [0, 0.1) is 11.6 Å². The molecular weight excluding hydrogens is 548 g/mol. The molecule has 3 nitrogen and oxygen atoms in total. The maximum absolute atomic E-state index is 13.4. The van der Waals surface area contributed by atoms with E-state index < -0.39 is 0 Å². The van der Waals surface area contributed by atoms with E-state index in [4.69, 9.17) is 15.0 Å². The highest BCUT2D eigenvalue weighted by atomic mass is 19.1. The topological polar surface area (TPSA) is 38.7 Å². The maximum atomic E-state index is 13.4. The van der Waals surface area contributed by atoms with Gasteiger partial charge in [0.25, 0.3) is 0 Å². The van der Waals surface area contributed by atoms with Gasteiger partial charge < -0.3 is 0 Å². The van der Waals surface area contributed by atoms with Crippen LogP contribution in [0.25, 0.3) is 67.5 Å². The minimum absolute atomic E-state index is 0.266. The highest BCUT2D eigenvalue weighted by molar-refractivity contribution is 5.73. The van der Waals surface area contributed by atoms with Crippen molar-refractivity contribution in [3.63, 3.8) is 0 Å². The van der Waals surface area contributed by atoms with E-state index in [1.165, 1.54) is 24.3 Å². The second kappa shape index (κ2) is 11.8. The Morgan fingerprint density at radius 3 is 0.773 bits per heavy atom. The van der Waals surface area contributed by atoms with Gasteiger partial charge in [-0.15, -0.1) is 0 Å². The van der Waals surface area contributed by atoms with Gasteiger partial charge in [0, 0.05) is 16.7 Å². The van der Waals surface area contributed by atoms with Crippen LogP contribution in [0.2, 0.25) is 0 Å². The van der Waals surface area contributed by atoms with Crippen molar-refractivity contribution >= 4 is 0 Å². The lowest BCUT2D eigenvalue weighted by molar-refractivity contribution is 0.627. The van der Waals surface area contributed by atoms with Gasteiger partial charge in [-0.3, -0.25) is 0 Å². The van der Waals surface area contributed by atoms with E-state index in [1.54, 1.807) is 24.3 Å². The van der Waals surface area contributed by atoms with E-state index in [-0.39, 0.29) is 11.6 Å². The summed E-state index contributed by atoms with van der Waals surface area (Å²) in [5, 5.41) is 0. The summed E-state index contributed by atoms with van der Waals surface area (Å²) >= 11 is 0. The molecule has 0 aliphatic carbocycles. The largest absolute Gasteiger partial charge is 0.208 e. The first kappa shape index (κ1) is 27.0. The lowest BCUT2D eigenvalue weighted by Crippen LogP contribution is -2.00. The summed E-state index contributed by atoms with van der Waals surface area (Å²) in [7, 11) is 0. The molecular formula is C39H25F2N3. The smallest absolute Gasteiger partial charge is 0.164 e. The monoisotopic (exact) mass is 573 g/mol. The molecule has 0 atom stereocenters. The fourth-order valence-corrected chi connectivity index (χ4v) is 5.11. The molecule has 0 N–H and O–H groups in total. The van der Waals surface area contributed by atoms with Crippen LogP contribution in [0.5, 0.6) is 0 Å². The van der Waals surface area contributed by atoms with Gasteiger partial charge in [-0.2, -0.15) is 0 Å². The zero-order valence-electron chi connectivity index (χ0n) is 23.5. The third kappa shape index (κ3) is 5.76. The molecule has 6 aromatic carbocycles. The van der Waals surface area contributed by atoms with Crippen molar-refractivity contribution in [1.82, 2.24) is 15.0 Å². The zero-order valence-corrected chi connectivity index (χ0v) is 23.5. The molecule has 0 radical (unpaired) electrons. The maximum Gasteiger partial charge on any atom is 0.164 e. The van der Waals surface area contributed by atoms with Crippen molar-refractivity contribution < 1.29 is 8.78 Å². The number of rotatable bonds is 6. The van der Waals surface area contributed by atoms with E-state index in [1.807, 2.05) is 78.9 Å². The van der Waals surface area contributed by atoms with Crippen molar-refractivity contribution in [2.24, 2.45) is 0 Å². The van der Waals surface area contributed by atoms with Gasteiger partial charge in [0.2, 0.25) is 0 Å². The molecule has 0 spiro atoms. The highest BCUT2D eigenvalue weighted by Gasteiger charge is 2.13. The second-order valence-corrected chi connectivity index (χ2v) is 10.4. The molecule has 1 heterocycles. The average Bonchev–Trinajstić information content (AvgIpc) is 3.09. The predicted octanol–water partition coefficient (Wildman–Crippen LogP) is 10.2. The average molecular weight is 574 g/mol. The SMILES string of the molecule is Fc1ccc(-c2ccc(-c3nc(-c4ccc(-c5ccccc5)cc4)nc(-c4ccc(-c5ccc(F)cc5)cc4)n3)cc2)cc1. The lowest BCUT2D eigenvalue weighted by atomic mass is 10.0. The minimum atomic E-state index is -0.266. The molecule has 7 rings (SSSR count). The van der Waals surface area contributed by atoms with E-state index in [9.17, 15) is 8.78 Å². The molecule has 0 amide bonds. The van der Waals surface area contributed by atoms with E-state index in [0.717, 1.165) is 50.1 Å². The van der Waals surface area contributed by atoms with Gasteiger partial charge >= 0.3 is 0 Å². The van der Waals surface area contributed by atoms with Gasteiger partial charge in [0.1, 0.15) is 11.6 Å². The summed E-state index contributed by atoms with van der Waals surface area (Å²) < 4.78 is 26.9. The van der Waals surface area contributed by atoms with Gasteiger partial charge in [-0.25, -0.2) is 23.7 Å². The van der Waals surface area contributed by atoms with Crippen LogP contribution in [-0.4, -0.2) is 15.0 Å². The first-order valence-corrected chi connectivity index (χ1v) is 14.2. The van der Waals surface area contributed by atoms with Gasteiger partial charge in [-0.05, 0) is 57.6 Å². The number of aromatic nitrogens is 3. The standard InChI is InChI=1S/C39H25F2N3/c40-35-22-18-30(19-23-35)28-8-14-33(15-9-28)38-42-37(32-12-6-27(7-13-32)26-4-2-1-3-5-26)43-39(44-38)34-16-10-29(11-17-34)31-20-24-36(41)25-21-31/h1-25H. The molecule has 210 valence electrons. The predicted molar refractivity (Wildman–Crippen MR) is 172 cm³/mol. The first-order chi connectivity index (χ1) is 21.6. The van der Waals surface area contributed by atoms with Crippen molar-refractivity contribution in [1.29, 1.82) is 0 Å². The van der Waals surface area contributed by atoms with E-state index in [0.29, 0.717) is 17.5 Å². The minimum Gasteiger partial charge on any atom is -0.208 e. The fourth-order valence-electron chi connectivity index (χ4n) is 5.11.